The first kappa shape index (κ1) is 34.8. The molecule has 0 aliphatic carbocycles. The van der Waals surface area contributed by atoms with Gasteiger partial charge in [-0.25, -0.2) is 0 Å². The van der Waals surface area contributed by atoms with E-state index in [1.807, 2.05) is 0 Å². The fourth-order valence-electron chi connectivity index (χ4n) is 11.9. The topological polar surface area (TPSA) is 22.3 Å². The molecule has 0 bridgehead atoms. The van der Waals surface area contributed by atoms with Crippen molar-refractivity contribution >= 4 is 107 Å². The van der Waals surface area contributed by atoms with E-state index in [1.54, 1.807) is 0 Å². The molecule has 0 unspecified atom stereocenters. The summed E-state index contributed by atoms with van der Waals surface area (Å²) in [6.45, 7) is 14.0. The highest BCUT2D eigenvalue weighted by molar-refractivity contribution is 7.01. The monoisotopic (exact) mass is 795 g/mol. The molecule has 4 nitrogen and oxygen atoms in total. The van der Waals surface area contributed by atoms with Gasteiger partial charge >= 0.3 is 0 Å². The van der Waals surface area contributed by atoms with Crippen molar-refractivity contribution in [1.29, 1.82) is 0 Å². The average molecular weight is 796 g/mol. The molecule has 8 aromatic carbocycles. The largest absolute Gasteiger partial charge is 0.458 e. The van der Waals surface area contributed by atoms with E-state index in [2.05, 4.69) is 207 Å². The predicted molar refractivity (Wildman–Crippen MR) is 263 cm³/mol. The minimum Gasteiger partial charge on any atom is -0.458 e. The van der Waals surface area contributed by atoms with Crippen molar-refractivity contribution in [3.05, 3.63) is 163 Å². The van der Waals surface area contributed by atoms with Crippen LogP contribution in [0.1, 0.15) is 52.7 Å². The van der Waals surface area contributed by atoms with Gasteiger partial charge in [-0.3, -0.25) is 0 Å². The summed E-state index contributed by atoms with van der Waals surface area (Å²) in [6, 6.07) is 57.5. The van der Waals surface area contributed by atoms with Crippen molar-refractivity contribution in [3.8, 4) is 22.9 Å². The number of ether oxygens (including phenoxy) is 1. The zero-order chi connectivity index (χ0) is 41.6. The van der Waals surface area contributed by atoms with Gasteiger partial charge in [0.05, 0.1) is 22.1 Å². The van der Waals surface area contributed by atoms with Crippen LogP contribution in [0, 0.1) is 0 Å². The normalized spacial score (nSPS) is 14.3. The second-order valence-corrected chi connectivity index (χ2v) is 20.1. The van der Waals surface area contributed by atoms with E-state index < -0.39 is 0 Å². The first-order chi connectivity index (χ1) is 30.1. The Balaban J connectivity index is 1.16. The number of para-hydroxylation sites is 3. The highest BCUT2D eigenvalue weighted by atomic mass is 16.5. The van der Waals surface area contributed by atoms with E-state index in [0.29, 0.717) is 0 Å². The minimum atomic E-state index is -0.0186. The lowest BCUT2D eigenvalue weighted by Gasteiger charge is -2.41. The molecule has 2 aromatic heterocycles. The van der Waals surface area contributed by atoms with Gasteiger partial charge in [0.2, 0.25) is 0 Å². The summed E-state index contributed by atoms with van der Waals surface area (Å²) in [7, 11) is 0. The molecule has 6 heteroatoms. The lowest BCUT2D eigenvalue weighted by atomic mass is 9.33. The molecule has 0 amide bonds. The first-order valence-corrected chi connectivity index (χ1v) is 22.2. The molecule has 0 fully saturated rings. The van der Waals surface area contributed by atoms with Gasteiger partial charge in [-0.1, -0.05) is 133 Å². The maximum absolute atomic E-state index is 6.94. The molecule has 294 valence electrons. The molecule has 0 saturated carbocycles. The van der Waals surface area contributed by atoms with E-state index in [1.165, 1.54) is 116 Å². The van der Waals surface area contributed by atoms with Crippen molar-refractivity contribution in [2.45, 2.75) is 52.4 Å². The van der Waals surface area contributed by atoms with Gasteiger partial charge < -0.3 is 18.8 Å². The summed E-state index contributed by atoms with van der Waals surface area (Å²) < 4.78 is 12.2. The maximum atomic E-state index is 6.94. The van der Waals surface area contributed by atoms with Gasteiger partial charge in [-0.2, -0.15) is 0 Å². The summed E-state index contributed by atoms with van der Waals surface area (Å²) in [4.78, 5) is 2.50. The van der Waals surface area contributed by atoms with Gasteiger partial charge in [-0.15, -0.1) is 0 Å². The summed E-state index contributed by atoms with van der Waals surface area (Å²) in [5.74, 6) is 1.91. The number of benzene rings is 8. The molecule has 0 N–H and O–H groups in total. The third-order valence-electron chi connectivity index (χ3n) is 14.6. The van der Waals surface area contributed by atoms with Crippen LogP contribution < -0.4 is 42.4 Å². The second-order valence-electron chi connectivity index (χ2n) is 20.1. The summed E-state index contributed by atoms with van der Waals surface area (Å²) in [5, 5.41) is 5.15. The van der Waals surface area contributed by atoms with E-state index in [9.17, 15) is 0 Å². The van der Waals surface area contributed by atoms with Crippen LogP contribution in [0.4, 0.5) is 17.1 Å². The first-order valence-electron chi connectivity index (χ1n) is 22.2. The van der Waals surface area contributed by atoms with Crippen molar-refractivity contribution < 1.29 is 4.74 Å². The SMILES string of the molecule is CC(C)(C)c1ccc2c(c1)B1c3ccccc3-n3c4c1c(ccc4c1cc4c5c(c6ccccc6n5-c5cccc6c5B4c4cc(C(C)(C)C)ccc4N6c4ccccc4)c13)O2. The van der Waals surface area contributed by atoms with E-state index in [4.69, 9.17) is 4.74 Å². The Morgan fingerprint density at radius 3 is 1.92 bits per heavy atom. The molecular weight excluding hydrogens is 752 g/mol. The Morgan fingerprint density at radius 2 is 1.10 bits per heavy atom. The molecule has 4 aliphatic rings. The smallest absolute Gasteiger partial charge is 0.256 e. The number of hydrogen-bond donors (Lipinski definition) is 0. The molecule has 10 aromatic rings. The summed E-state index contributed by atoms with van der Waals surface area (Å²) in [5.41, 5.74) is 21.8. The molecule has 0 atom stereocenters. The summed E-state index contributed by atoms with van der Waals surface area (Å²) in [6.07, 6.45) is 0. The molecule has 0 spiro atoms. The highest BCUT2D eigenvalue weighted by Gasteiger charge is 2.45. The Morgan fingerprint density at radius 1 is 0.419 bits per heavy atom. The van der Waals surface area contributed by atoms with Crippen molar-refractivity contribution in [2.24, 2.45) is 0 Å². The number of fused-ring (bicyclic) bond motifs is 16. The van der Waals surface area contributed by atoms with Gasteiger partial charge in [0, 0.05) is 50.0 Å². The van der Waals surface area contributed by atoms with E-state index in [-0.39, 0.29) is 24.3 Å². The fraction of sp³-hybridized carbons (Fsp3) is 0.143. The van der Waals surface area contributed by atoms with Crippen LogP contribution in [0.2, 0.25) is 0 Å². The van der Waals surface area contributed by atoms with Crippen LogP contribution in [0.25, 0.3) is 55.0 Å². The van der Waals surface area contributed by atoms with E-state index in [0.717, 1.165) is 11.5 Å². The second kappa shape index (κ2) is 11.5. The molecule has 0 saturated heterocycles. The summed E-state index contributed by atoms with van der Waals surface area (Å²) >= 11 is 0. The number of anilines is 3. The Kier molecular flexibility index (Phi) is 6.45. The molecular formula is C56H43B2N3O. The van der Waals surface area contributed by atoms with Crippen LogP contribution in [0.15, 0.2) is 152 Å². The van der Waals surface area contributed by atoms with Crippen molar-refractivity contribution in [1.82, 2.24) is 9.13 Å². The molecule has 62 heavy (non-hydrogen) atoms. The van der Waals surface area contributed by atoms with Gasteiger partial charge in [0.1, 0.15) is 11.5 Å². The highest BCUT2D eigenvalue weighted by Crippen LogP contribution is 2.47. The van der Waals surface area contributed by atoms with Crippen LogP contribution in [-0.4, -0.2) is 22.6 Å². The van der Waals surface area contributed by atoms with Crippen LogP contribution in [0.3, 0.4) is 0 Å². The maximum Gasteiger partial charge on any atom is 0.256 e. The molecule has 6 heterocycles. The Hall–Kier alpha value is -6.91. The lowest BCUT2D eigenvalue weighted by Crippen LogP contribution is -2.60. The van der Waals surface area contributed by atoms with Gasteiger partial charge in [0.25, 0.3) is 13.4 Å². The Bertz CT molecular complexity index is 3660. The number of hydrogen-bond acceptors (Lipinski definition) is 2. The third kappa shape index (κ3) is 4.25. The fourth-order valence-corrected chi connectivity index (χ4v) is 11.9. The zero-order valence-corrected chi connectivity index (χ0v) is 35.8. The van der Waals surface area contributed by atoms with Gasteiger partial charge in [-0.05, 0) is 115 Å². The van der Waals surface area contributed by atoms with Gasteiger partial charge in [0.15, 0.2) is 0 Å². The van der Waals surface area contributed by atoms with Crippen molar-refractivity contribution in [2.75, 3.05) is 4.90 Å². The zero-order valence-electron chi connectivity index (χ0n) is 35.8. The minimum absolute atomic E-state index is 0.00778. The van der Waals surface area contributed by atoms with Crippen LogP contribution in [-0.2, 0) is 10.8 Å². The third-order valence-corrected chi connectivity index (χ3v) is 14.6. The molecule has 4 aliphatic heterocycles. The quantitative estimate of drug-likeness (QED) is 0.155. The Labute approximate surface area is 362 Å². The molecule has 0 radical (unpaired) electrons. The number of rotatable bonds is 1. The molecule has 14 rings (SSSR count). The number of aromatic nitrogens is 2. The number of nitrogens with zero attached hydrogens (tertiary/aromatic N) is 3. The lowest BCUT2D eigenvalue weighted by molar-refractivity contribution is 0.486. The average Bonchev–Trinajstić information content (AvgIpc) is 3.80. The van der Waals surface area contributed by atoms with Crippen molar-refractivity contribution in [3.63, 3.8) is 0 Å². The van der Waals surface area contributed by atoms with Crippen LogP contribution in [0.5, 0.6) is 11.5 Å². The standard InChI is InChI=1S/C56H43B2N3O/c1-55(2,3)32-23-26-44-39(29-32)58-41-31-37-35-25-28-48-51-53(35)61(43-20-13-11-18-38(43)57(51)40-30-33(56(4,5)6)24-27-47(40)62-48)52(37)49-36-17-10-12-19-42(36)60(54(41)49)46-22-14-21-45(50(46)58)59(44)34-15-8-7-9-16-34/h7-31H,1-6H3. The predicted octanol–water partition coefficient (Wildman–Crippen LogP) is 10.0. The van der Waals surface area contributed by atoms with Crippen LogP contribution >= 0.6 is 0 Å². The van der Waals surface area contributed by atoms with E-state index >= 15 is 0 Å².